The van der Waals surface area contributed by atoms with E-state index < -0.39 is 0 Å². The minimum atomic E-state index is 0.177. The second-order valence-corrected chi connectivity index (χ2v) is 9.53. The van der Waals surface area contributed by atoms with Gasteiger partial charge < -0.3 is 4.57 Å². The zero-order valence-electron chi connectivity index (χ0n) is 19.7. The smallest absolute Gasteiger partial charge is 0.178 e. The van der Waals surface area contributed by atoms with Crippen LogP contribution in [0.25, 0.3) is 16.9 Å². The molecule has 0 radical (unpaired) electrons. The molecule has 2 aromatic carbocycles. The molecule has 2 atom stereocenters. The topological polar surface area (TPSA) is 72.8 Å². The molecule has 0 spiro atoms. The number of fused-ring (bicyclic) bond motifs is 2. The highest BCUT2D eigenvalue weighted by molar-refractivity contribution is 6.02. The summed E-state index contributed by atoms with van der Waals surface area (Å²) in [6.07, 6.45) is 6.09. The van der Waals surface area contributed by atoms with Crippen molar-refractivity contribution in [2.75, 3.05) is 6.54 Å². The summed E-state index contributed by atoms with van der Waals surface area (Å²) in [5.74, 6) is 0.177. The lowest BCUT2D eigenvalue weighted by Crippen LogP contribution is -2.42. The number of aromatic nitrogens is 1. The first-order valence-corrected chi connectivity index (χ1v) is 12.0. The molecule has 2 unspecified atom stereocenters. The second-order valence-electron chi connectivity index (χ2n) is 9.53. The highest BCUT2D eigenvalue weighted by Crippen LogP contribution is 2.38. The molecule has 2 fully saturated rings. The fourth-order valence-electron chi connectivity index (χ4n) is 6.03. The Kier molecular flexibility index (Phi) is 5.82. The number of piperidine rings is 1. The van der Waals surface area contributed by atoms with Crippen molar-refractivity contribution in [1.29, 1.82) is 10.5 Å². The minimum Gasteiger partial charge on any atom is -0.313 e. The van der Waals surface area contributed by atoms with E-state index in [0.717, 1.165) is 33.8 Å². The molecule has 0 N–H and O–H groups in total. The zero-order valence-corrected chi connectivity index (χ0v) is 19.7. The van der Waals surface area contributed by atoms with Crippen molar-refractivity contribution in [1.82, 2.24) is 9.47 Å². The van der Waals surface area contributed by atoms with Crippen LogP contribution < -0.4 is 0 Å². The molecule has 2 saturated heterocycles. The number of nitrogens with zero attached hydrogens (tertiary/aromatic N) is 4. The molecule has 2 aliphatic heterocycles. The monoisotopic (exact) mass is 448 g/mol. The summed E-state index contributed by atoms with van der Waals surface area (Å²) in [4.78, 5) is 16.2. The molecular formula is C29H28N4O. The lowest BCUT2D eigenvalue weighted by molar-refractivity contribution is 0.0826. The van der Waals surface area contributed by atoms with Gasteiger partial charge in [0.05, 0.1) is 35.5 Å². The fraction of sp³-hybridized carbons (Fsp3) is 0.345. The molecule has 0 amide bonds. The number of nitriles is 2. The molecule has 5 heteroatoms. The summed E-state index contributed by atoms with van der Waals surface area (Å²) >= 11 is 0. The third-order valence-electron chi connectivity index (χ3n) is 7.64. The molecule has 0 saturated carbocycles. The lowest BCUT2D eigenvalue weighted by Gasteiger charge is -2.34. The van der Waals surface area contributed by atoms with Crippen molar-refractivity contribution >= 4 is 5.78 Å². The van der Waals surface area contributed by atoms with Crippen molar-refractivity contribution in [2.24, 2.45) is 0 Å². The van der Waals surface area contributed by atoms with Gasteiger partial charge in [-0.15, -0.1) is 0 Å². The third kappa shape index (κ3) is 3.73. The number of hydrogen-bond acceptors (Lipinski definition) is 4. The van der Waals surface area contributed by atoms with Crippen LogP contribution in [-0.4, -0.2) is 33.9 Å². The van der Waals surface area contributed by atoms with E-state index in [1.807, 2.05) is 50.2 Å². The van der Waals surface area contributed by atoms with Crippen LogP contribution in [-0.2, 0) is 0 Å². The van der Waals surface area contributed by atoms with E-state index in [9.17, 15) is 15.3 Å². The van der Waals surface area contributed by atoms with Gasteiger partial charge in [-0.1, -0.05) is 18.6 Å². The Balaban J connectivity index is 1.61. The maximum absolute atomic E-state index is 13.8. The molecule has 5 nitrogen and oxygen atoms in total. The number of benzene rings is 2. The Morgan fingerprint density at radius 1 is 0.882 bits per heavy atom. The van der Waals surface area contributed by atoms with Crippen LogP contribution in [0.4, 0.5) is 0 Å². The SMILES string of the molecule is Cc1c(C(=O)CN2C3CCCC2CC3)c(C)n(-c2ccc(C#N)cc2)c1-c1ccc(C#N)cc1. The minimum absolute atomic E-state index is 0.177. The first-order chi connectivity index (χ1) is 16.5. The van der Waals surface area contributed by atoms with Gasteiger partial charge in [-0.05, 0) is 87.1 Å². The third-order valence-corrected chi connectivity index (χ3v) is 7.64. The van der Waals surface area contributed by atoms with Crippen LogP contribution in [0.15, 0.2) is 48.5 Å². The molecule has 3 aromatic rings. The van der Waals surface area contributed by atoms with Gasteiger partial charge in [0.25, 0.3) is 0 Å². The molecular weight excluding hydrogens is 420 g/mol. The van der Waals surface area contributed by atoms with Gasteiger partial charge in [-0.3, -0.25) is 9.69 Å². The van der Waals surface area contributed by atoms with E-state index in [2.05, 4.69) is 21.6 Å². The zero-order chi connectivity index (χ0) is 23.8. The molecule has 2 aliphatic rings. The van der Waals surface area contributed by atoms with Crippen LogP contribution >= 0.6 is 0 Å². The molecule has 2 bridgehead atoms. The van der Waals surface area contributed by atoms with Gasteiger partial charge in [0.2, 0.25) is 0 Å². The average molecular weight is 449 g/mol. The quantitative estimate of drug-likeness (QED) is 0.469. The molecule has 5 rings (SSSR count). The molecule has 170 valence electrons. The first-order valence-electron chi connectivity index (χ1n) is 12.0. The van der Waals surface area contributed by atoms with Crippen LogP contribution in [0, 0.1) is 36.5 Å². The number of rotatable bonds is 5. The van der Waals surface area contributed by atoms with E-state index in [4.69, 9.17) is 0 Å². The number of Topliss-reactive ketones (excluding diaryl/α,β-unsaturated/α-hetero) is 1. The largest absolute Gasteiger partial charge is 0.313 e. The van der Waals surface area contributed by atoms with Gasteiger partial charge in [-0.2, -0.15) is 10.5 Å². The van der Waals surface area contributed by atoms with Gasteiger partial charge in [-0.25, -0.2) is 0 Å². The highest BCUT2D eigenvalue weighted by Gasteiger charge is 2.38. The van der Waals surface area contributed by atoms with E-state index in [1.54, 1.807) is 12.1 Å². The van der Waals surface area contributed by atoms with Gasteiger partial charge >= 0.3 is 0 Å². The van der Waals surface area contributed by atoms with E-state index in [0.29, 0.717) is 29.8 Å². The average Bonchev–Trinajstić information content (AvgIpc) is 3.23. The van der Waals surface area contributed by atoms with E-state index in [-0.39, 0.29) is 5.78 Å². The van der Waals surface area contributed by atoms with Gasteiger partial charge in [0.1, 0.15) is 0 Å². The molecule has 0 aliphatic carbocycles. The number of carbonyl (C=O) groups is 1. The molecule has 34 heavy (non-hydrogen) atoms. The van der Waals surface area contributed by atoms with E-state index >= 15 is 0 Å². The maximum atomic E-state index is 13.8. The van der Waals surface area contributed by atoms with Crippen molar-refractivity contribution in [3.05, 3.63) is 76.5 Å². The second kappa shape index (κ2) is 8.93. The molecule has 3 heterocycles. The highest BCUT2D eigenvalue weighted by atomic mass is 16.1. The first kappa shape index (κ1) is 22.1. The maximum Gasteiger partial charge on any atom is 0.178 e. The number of ketones is 1. The van der Waals surface area contributed by atoms with Crippen LogP contribution in [0.5, 0.6) is 0 Å². The normalized spacial score (nSPS) is 19.5. The predicted molar refractivity (Wildman–Crippen MR) is 132 cm³/mol. The summed E-state index contributed by atoms with van der Waals surface area (Å²) in [6.45, 7) is 4.51. The Bertz CT molecular complexity index is 1220. The summed E-state index contributed by atoms with van der Waals surface area (Å²) in [7, 11) is 0. The van der Waals surface area contributed by atoms with Gasteiger partial charge in [0.15, 0.2) is 5.78 Å². The standard InChI is InChI=1S/C29H28N4O/c1-19-28(27(34)18-32-24-4-3-5-25(32)15-14-24)20(2)33(26-12-8-22(17-31)9-13-26)29(19)23-10-6-21(16-30)7-11-23/h6-13,24-25H,3-5,14-15,18H2,1-2H3. The molecule has 1 aromatic heterocycles. The number of hydrogen-bond donors (Lipinski definition) is 0. The van der Waals surface area contributed by atoms with Crippen molar-refractivity contribution < 1.29 is 4.79 Å². The fourth-order valence-corrected chi connectivity index (χ4v) is 6.03. The Hall–Kier alpha value is -3.67. The summed E-state index contributed by atoms with van der Waals surface area (Å²) in [5, 5.41) is 18.5. The number of carbonyl (C=O) groups excluding carboxylic acids is 1. The van der Waals surface area contributed by atoms with Crippen molar-refractivity contribution in [3.8, 4) is 29.1 Å². The van der Waals surface area contributed by atoms with Crippen molar-refractivity contribution in [3.63, 3.8) is 0 Å². The summed E-state index contributed by atoms with van der Waals surface area (Å²) < 4.78 is 2.12. The van der Waals surface area contributed by atoms with Crippen LogP contribution in [0.2, 0.25) is 0 Å². The Morgan fingerprint density at radius 2 is 1.44 bits per heavy atom. The Labute approximate surface area is 200 Å². The lowest BCUT2D eigenvalue weighted by atomic mass is 9.99. The van der Waals surface area contributed by atoms with Crippen LogP contribution in [0.1, 0.15) is 64.8 Å². The van der Waals surface area contributed by atoms with Gasteiger partial charge in [0, 0.05) is 29.0 Å². The summed E-state index contributed by atoms with van der Waals surface area (Å²) in [6, 6.07) is 20.4. The van der Waals surface area contributed by atoms with E-state index in [1.165, 1.54) is 32.1 Å². The van der Waals surface area contributed by atoms with Crippen LogP contribution in [0.3, 0.4) is 0 Å². The Morgan fingerprint density at radius 3 is 2.00 bits per heavy atom. The van der Waals surface area contributed by atoms with Crippen molar-refractivity contribution in [2.45, 2.75) is 58.0 Å². The predicted octanol–water partition coefficient (Wildman–Crippen LogP) is 5.70. The summed E-state index contributed by atoms with van der Waals surface area (Å²) in [5.41, 5.74) is 6.69.